The average molecular weight is 284 g/mol. The van der Waals surface area contributed by atoms with Gasteiger partial charge in [-0.05, 0) is 34.7 Å². The highest BCUT2D eigenvalue weighted by atomic mass is 127. The van der Waals surface area contributed by atoms with Crippen molar-refractivity contribution in [1.29, 1.82) is 0 Å². The minimum atomic E-state index is -2.42. The fraction of sp³-hybridized carbons (Fsp3) is 0.250. The number of benzene rings is 1. The van der Waals surface area contributed by atoms with Gasteiger partial charge in [-0.3, -0.25) is 0 Å². The standard InChI is InChI=1S/C8H7F2IO/c9-8(10)5-12-7-4-2-1-3-6(7)11/h1-4,8H,5H2. The topological polar surface area (TPSA) is 9.23 Å². The summed E-state index contributed by atoms with van der Waals surface area (Å²) in [6, 6.07) is 7.06. The molecule has 0 fully saturated rings. The van der Waals surface area contributed by atoms with Gasteiger partial charge in [-0.1, -0.05) is 12.1 Å². The minimum absolute atomic E-state index is 0.512. The van der Waals surface area contributed by atoms with Crippen molar-refractivity contribution >= 4 is 22.6 Å². The lowest BCUT2D eigenvalue weighted by molar-refractivity contribution is 0.0815. The summed E-state index contributed by atoms with van der Waals surface area (Å²) in [6.45, 7) is -0.542. The Morgan fingerprint density at radius 3 is 2.58 bits per heavy atom. The smallest absolute Gasteiger partial charge is 0.272 e. The largest absolute Gasteiger partial charge is 0.487 e. The van der Waals surface area contributed by atoms with Gasteiger partial charge in [0.1, 0.15) is 12.4 Å². The molecule has 1 rings (SSSR count). The van der Waals surface area contributed by atoms with Gasteiger partial charge in [-0.15, -0.1) is 0 Å². The van der Waals surface area contributed by atoms with Crippen LogP contribution >= 0.6 is 22.6 Å². The van der Waals surface area contributed by atoms with Crippen molar-refractivity contribution in [3.63, 3.8) is 0 Å². The molecule has 0 aliphatic carbocycles. The summed E-state index contributed by atoms with van der Waals surface area (Å²) < 4.78 is 29.1. The van der Waals surface area contributed by atoms with Crippen LogP contribution in [0, 0.1) is 3.57 Å². The molecule has 12 heavy (non-hydrogen) atoms. The predicted molar refractivity (Wildman–Crippen MR) is 50.7 cm³/mol. The lowest BCUT2D eigenvalue weighted by Gasteiger charge is -2.06. The van der Waals surface area contributed by atoms with E-state index in [0.717, 1.165) is 3.57 Å². The normalized spacial score (nSPS) is 10.3. The van der Waals surface area contributed by atoms with Crippen molar-refractivity contribution < 1.29 is 13.5 Å². The quantitative estimate of drug-likeness (QED) is 0.775. The number of halogens is 3. The van der Waals surface area contributed by atoms with Crippen molar-refractivity contribution in [2.45, 2.75) is 6.43 Å². The van der Waals surface area contributed by atoms with E-state index in [9.17, 15) is 8.78 Å². The highest BCUT2D eigenvalue weighted by Crippen LogP contribution is 2.19. The molecule has 0 unspecified atom stereocenters. The Bertz CT molecular complexity index is 253. The summed E-state index contributed by atoms with van der Waals surface area (Å²) in [7, 11) is 0. The molecule has 0 spiro atoms. The second-order valence-corrected chi connectivity index (χ2v) is 3.29. The molecule has 1 aromatic carbocycles. The molecule has 0 atom stereocenters. The van der Waals surface area contributed by atoms with Gasteiger partial charge in [0, 0.05) is 0 Å². The second kappa shape index (κ2) is 4.59. The van der Waals surface area contributed by atoms with E-state index in [1.54, 1.807) is 18.2 Å². The van der Waals surface area contributed by atoms with Crippen LogP contribution in [0.15, 0.2) is 24.3 Å². The molecule has 1 nitrogen and oxygen atoms in total. The molecule has 0 amide bonds. The molecule has 0 aliphatic rings. The number of hydrogen-bond acceptors (Lipinski definition) is 1. The predicted octanol–water partition coefficient (Wildman–Crippen LogP) is 2.94. The Kier molecular flexibility index (Phi) is 3.71. The van der Waals surface area contributed by atoms with Crippen LogP contribution in [0.25, 0.3) is 0 Å². The molecule has 1 aromatic rings. The van der Waals surface area contributed by atoms with Gasteiger partial charge in [0.2, 0.25) is 0 Å². The van der Waals surface area contributed by atoms with Gasteiger partial charge in [0.05, 0.1) is 3.57 Å². The molecular weight excluding hydrogens is 277 g/mol. The third-order valence-electron chi connectivity index (χ3n) is 1.20. The average Bonchev–Trinajstić information content (AvgIpc) is 2.03. The number of ether oxygens (including phenoxy) is 1. The summed E-state index contributed by atoms with van der Waals surface area (Å²) >= 11 is 2.04. The Labute approximate surface area is 82.9 Å². The fourth-order valence-corrected chi connectivity index (χ4v) is 1.26. The van der Waals surface area contributed by atoms with Crippen LogP contribution in [0.4, 0.5) is 8.78 Å². The highest BCUT2D eigenvalue weighted by molar-refractivity contribution is 14.1. The fourth-order valence-electron chi connectivity index (χ4n) is 0.715. The van der Waals surface area contributed by atoms with Gasteiger partial charge in [0.25, 0.3) is 6.43 Å². The number of hydrogen-bond donors (Lipinski definition) is 0. The van der Waals surface area contributed by atoms with E-state index in [4.69, 9.17) is 4.74 Å². The summed E-state index contributed by atoms with van der Waals surface area (Å²) in [4.78, 5) is 0. The zero-order chi connectivity index (χ0) is 8.97. The van der Waals surface area contributed by atoms with Crippen LogP contribution in [0.3, 0.4) is 0 Å². The first-order chi connectivity index (χ1) is 5.70. The SMILES string of the molecule is FC(F)COc1ccccc1I. The highest BCUT2D eigenvalue weighted by Gasteiger charge is 2.04. The first-order valence-electron chi connectivity index (χ1n) is 3.35. The maximum Gasteiger partial charge on any atom is 0.272 e. The Hall–Kier alpha value is -0.390. The second-order valence-electron chi connectivity index (χ2n) is 2.13. The molecule has 4 heteroatoms. The van der Waals surface area contributed by atoms with Crippen molar-refractivity contribution in [2.24, 2.45) is 0 Å². The first-order valence-corrected chi connectivity index (χ1v) is 4.43. The van der Waals surface area contributed by atoms with Crippen molar-refractivity contribution in [3.05, 3.63) is 27.8 Å². The van der Waals surface area contributed by atoms with E-state index in [1.807, 2.05) is 28.7 Å². The molecule has 0 radical (unpaired) electrons. The van der Waals surface area contributed by atoms with E-state index >= 15 is 0 Å². The number of alkyl halides is 2. The van der Waals surface area contributed by atoms with Crippen LogP contribution < -0.4 is 4.74 Å². The molecule has 66 valence electrons. The van der Waals surface area contributed by atoms with Gasteiger partial charge in [-0.25, -0.2) is 8.78 Å². The van der Waals surface area contributed by atoms with E-state index in [-0.39, 0.29) is 0 Å². The van der Waals surface area contributed by atoms with Gasteiger partial charge < -0.3 is 4.74 Å². The molecular formula is C8H7F2IO. The molecule has 0 aromatic heterocycles. The van der Waals surface area contributed by atoms with Crippen molar-refractivity contribution in [2.75, 3.05) is 6.61 Å². The molecule has 0 heterocycles. The third-order valence-corrected chi connectivity index (χ3v) is 2.09. The van der Waals surface area contributed by atoms with Gasteiger partial charge in [-0.2, -0.15) is 0 Å². The zero-order valence-electron chi connectivity index (χ0n) is 6.14. The summed E-state index contributed by atoms with van der Waals surface area (Å²) in [6.07, 6.45) is -2.42. The Morgan fingerprint density at radius 2 is 2.00 bits per heavy atom. The van der Waals surface area contributed by atoms with Crippen LogP contribution in [-0.2, 0) is 0 Å². The first kappa shape index (κ1) is 9.70. The lowest BCUT2D eigenvalue weighted by Crippen LogP contribution is -2.07. The molecule has 0 bridgehead atoms. The van der Waals surface area contributed by atoms with Gasteiger partial charge in [0.15, 0.2) is 0 Å². The van der Waals surface area contributed by atoms with E-state index in [2.05, 4.69) is 0 Å². The summed E-state index contributed by atoms with van der Waals surface area (Å²) in [5, 5.41) is 0. The number of para-hydroxylation sites is 1. The monoisotopic (exact) mass is 284 g/mol. The molecule has 0 saturated heterocycles. The van der Waals surface area contributed by atoms with Gasteiger partial charge >= 0.3 is 0 Å². The third kappa shape index (κ3) is 2.92. The number of rotatable bonds is 3. The Morgan fingerprint density at radius 1 is 1.33 bits per heavy atom. The van der Waals surface area contributed by atoms with E-state index in [0.29, 0.717) is 5.75 Å². The molecule has 0 saturated carbocycles. The maximum absolute atomic E-state index is 11.7. The summed E-state index contributed by atoms with van der Waals surface area (Å²) in [5.74, 6) is 0.512. The zero-order valence-corrected chi connectivity index (χ0v) is 8.29. The minimum Gasteiger partial charge on any atom is -0.487 e. The molecule has 0 N–H and O–H groups in total. The summed E-state index contributed by atoms with van der Waals surface area (Å²) in [5.41, 5.74) is 0. The molecule has 0 aliphatic heterocycles. The van der Waals surface area contributed by atoms with Crippen LogP contribution in [0.2, 0.25) is 0 Å². The van der Waals surface area contributed by atoms with Crippen molar-refractivity contribution in [1.82, 2.24) is 0 Å². The van der Waals surface area contributed by atoms with Crippen LogP contribution in [0.5, 0.6) is 5.75 Å². The van der Waals surface area contributed by atoms with Crippen LogP contribution in [-0.4, -0.2) is 13.0 Å². The van der Waals surface area contributed by atoms with E-state index < -0.39 is 13.0 Å². The van der Waals surface area contributed by atoms with E-state index in [1.165, 1.54) is 0 Å². The maximum atomic E-state index is 11.7. The van der Waals surface area contributed by atoms with Crippen molar-refractivity contribution in [3.8, 4) is 5.75 Å². The lowest BCUT2D eigenvalue weighted by atomic mass is 10.3. The Balaban J connectivity index is 2.57. The van der Waals surface area contributed by atoms with Crippen LogP contribution in [0.1, 0.15) is 0 Å².